The monoisotopic (exact) mass is 428 g/mol. The lowest BCUT2D eigenvalue weighted by Gasteiger charge is -2.34. The van der Waals surface area contributed by atoms with Crippen molar-refractivity contribution in [1.82, 2.24) is 14.9 Å². The molecule has 2 heterocycles. The maximum atomic E-state index is 12.6. The number of nitrogens with zero attached hydrogens (tertiary/aromatic N) is 4. The molecule has 5 heteroatoms. The highest BCUT2D eigenvalue weighted by atomic mass is 16.1. The number of aromatic nitrogens is 2. The number of hydrogen-bond donors (Lipinski definition) is 0. The Labute approximate surface area is 191 Å². The minimum atomic E-state index is 0.177. The van der Waals surface area contributed by atoms with Crippen LogP contribution in [0.25, 0.3) is 0 Å². The molecule has 166 valence electrons. The van der Waals surface area contributed by atoms with Crippen LogP contribution in [0.4, 0.5) is 5.69 Å². The van der Waals surface area contributed by atoms with E-state index in [1.54, 1.807) is 6.33 Å². The van der Waals surface area contributed by atoms with E-state index < -0.39 is 0 Å². The Morgan fingerprint density at radius 1 is 0.812 bits per heavy atom. The second-order valence-electron chi connectivity index (χ2n) is 9.02. The van der Waals surface area contributed by atoms with Crippen molar-refractivity contribution in [2.75, 3.05) is 38.1 Å². The first-order valence-electron chi connectivity index (χ1n) is 11.4. The number of anilines is 1. The highest BCUT2D eigenvalue weighted by Crippen LogP contribution is 2.19. The minimum absolute atomic E-state index is 0.177. The van der Waals surface area contributed by atoms with Gasteiger partial charge in [0.25, 0.3) is 0 Å². The van der Waals surface area contributed by atoms with E-state index >= 15 is 0 Å². The molecule has 4 rings (SSSR count). The summed E-state index contributed by atoms with van der Waals surface area (Å²) < 4.78 is 0. The Kier molecular flexibility index (Phi) is 6.96. The highest BCUT2D eigenvalue weighted by molar-refractivity contribution is 5.82. The lowest BCUT2D eigenvalue weighted by atomic mass is 10.0. The zero-order chi connectivity index (χ0) is 22.5. The van der Waals surface area contributed by atoms with Crippen LogP contribution in [-0.4, -0.2) is 53.9 Å². The fourth-order valence-corrected chi connectivity index (χ4v) is 4.40. The molecule has 5 nitrogen and oxygen atoms in total. The molecule has 0 atom stereocenters. The van der Waals surface area contributed by atoms with Gasteiger partial charge in [-0.2, -0.15) is 0 Å². The summed E-state index contributed by atoms with van der Waals surface area (Å²) in [6.07, 6.45) is 3.09. The Balaban J connectivity index is 1.36. The number of hydrogen-bond acceptors (Lipinski definition) is 5. The lowest BCUT2D eigenvalue weighted by Crippen LogP contribution is -2.44. The first kappa shape index (κ1) is 22.2. The summed E-state index contributed by atoms with van der Waals surface area (Å²) in [5, 5.41) is 0. The molecule has 0 aliphatic carbocycles. The number of ketones is 1. The van der Waals surface area contributed by atoms with Crippen molar-refractivity contribution in [3.8, 4) is 0 Å². The maximum Gasteiger partial charge on any atom is 0.143 e. The fourth-order valence-electron chi connectivity index (χ4n) is 4.40. The average molecular weight is 429 g/mol. The van der Waals surface area contributed by atoms with Gasteiger partial charge in [-0.05, 0) is 50.2 Å². The van der Waals surface area contributed by atoms with Gasteiger partial charge in [-0.1, -0.05) is 41.5 Å². The van der Waals surface area contributed by atoms with Crippen LogP contribution in [0.5, 0.6) is 0 Å². The standard InChI is InChI=1S/C27H32N4O/c1-20-12-21(2)14-23(13-20)16-27(32)18-25-17-24(28-19-29-25)15-22-4-6-26(7-5-22)31-10-8-30(3)9-11-31/h4-7,12-14,17,19H,8-11,15-16,18H2,1-3H3. The first-order chi connectivity index (χ1) is 15.4. The van der Waals surface area contributed by atoms with E-state index in [0.717, 1.165) is 49.6 Å². The van der Waals surface area contributed by atoms with E-state index in [2.05, 4.69) is 83.1 Å². The molecular formula is C27H32N4O. The topological polar surface area (TPSA) is 49.3 Å². The zero-order valence-electron chi connectivity index (χ0n) is 19.3. The molecule has 1 aliphatic rings. The molecule has 0 saturated carbocycles. The predicted octanol–water partition coefficient (Wildman–Crippen LogP) is 3.79. The van der Waals surface area contributed by atoms with Gasteiger partial charge in [-0.25, -0.2) is 9.97 Å². The van der Waals surface area contributed by atoms with Crippen LogP contribution >= 0.6 is 0 Å². The van der Waals surface area contributed by atoms with E-state index in [9.17, 15) is 4.79 Å². The number of carbonyl (C=O) groups is 1. The van der Waals surface area contributed by atoms with Gasteiger partial charge in [0.2, 0.25) is 0 Å². The average Bonchev–Trinajstić information content (AvgIpc) is 2.74. The molecule has 1 fully saturated rings. The Hall–Kier alpha value is -3.05. The molecule has 1 aromatic heterocycles. The number of benzene rings is 2. The van der Waals surface area contributed by atoms with Crippen LogP contribution in [0.2, 0.25) is 0 Å². The van der Waals surface area contributed by atoms with Gasteiger partial charge < -0.3 is 9.80 Å². The van der Waals surface area contributed by atoms with Crippen LogP contribution < -0.4 is 4.90 Å². The normalized spacial score (nSPS) is 14.5. The summed E-state index contributed by atoms with van der Waals surface area (Å²) in [6, 6.07) is 17.0. The van der Waals surface area contributed by atoms with E-state index in [1.807, 2.05) is 6.07 Å². The highest BCUT2D eigenvalue weighted by Gasteiger charge is 2.14. The number of rotatable bonds is 7. The third kappa shape index (κ3) is 6.01. The quantitative estimate of drug-likeness (QED) is 0.573. The van der Waals surface area contributed by atoms with E-state index in [0.29, 0.717) is 12.8 Å². The summed E-state index contributed by atoms with van der Waals surface area (Å²) in [5.41, 5.74) is 7.69. The number of likely N-dealkylation sites (N-methyl/N-ethyl adjacent to an activating group) is 1. The molecule has 3 aromatic rings. The SMILES string of the molecule is Cc1cc(C)cc(CC(=O)Cc2cc(Cc3ccc(N4CCN(C)CC4)cc3)ncn2)c1. The van der Waals surface area contributed by atoms with Crippen molar-refractivity contribution in [3.05, 3.63) is 88.5 Å². The Morgan fingerprint density at radius 3 is 2.16 bits per heavy atom. The molecule has 2 aromatic carbocycles. The van der Waals surface area contributed by atoms with Crippen LogP contribution in [0.15, 0.2) is 54.9 Å². The van der Waals surface area contributed by atoms with Gasteiger partial charge in [0.15, 0.2) is 0 Å². The third-order valence-electron chi connectivity index (χ3n) is 6.03. The number of piperazine rings is 1. The van der Waals surface area contributed by atoms with Gasteiger partial charge in [0, 0.05) is 56.8 Å². The largest absolute Gasteiger partial charge is 0.369 e. The molecule has 0 spiro atoms. The summed E-state index contributed by atoms with van der Waals surface area (Å²) >= 11 is 0. The van der Waals surface area contributed by atoms with Gasteiger partial charge in [-0.3, -0.25) is 4.79 Å². The van der Waals surface area contributed by atoms with Crippen molar-refractivity contribution >= 4 is 11.5 Å². The molecule has 0 N–H and O–H groups in total. The molecule has 0 unspecified atom stereocenters. The van der Waals surface area contributed by atoms with Crippen LogP contribution in [0.3, 0.4) is 0 Å². The smallest absolute Gasteiger partial charge is 0.143 e. The van der Waals surface area contributed by atoms with E-state index in [1.165, 1.54) is 22.4 Å². The number of aryl methyl sites for hydroxylation is 2. The lowest BCUT2D eigenvalue weighted by molar-refractivity contribution is -0.117. The zero-order valence-corrected chi connectivity index (χ0v) is 19.3. The fraction of sp³-hybridized carbons (Fsp3) is 0.370. The van der Waals surface area contributed by atoms with Crippen molar-refractivity contribution in [2.24, 2.45) is 0 Å². The third-order valence-corrected chi connectivity index (χ3v) is 6.03. The number of Topliss-reactive ketones (excluding diaryl/α,β-unsaturated/α-hetero) is 1. The van der Waals surface area contributed by atoms with Gasteiger partial charge in [0.1, 0.15) is 12.1 Å². The van der Waals surface area contributed by atoms with E-state index in [-0.39, 0.29) is 5.78 Å². The van der Waals surface area contributed by atoms with Crippen LogP contribution in [0.1, 0.15) is 33.6 Å². The Bertz CT molecular complexity index is 1050. The first-order valence-corrected chi connectivity index (χ1v) is 11.4. The summed E-state index contributed by atoms with van der Waals surface area (Å²) in [5.74, 6) is 0.177. The molecule has 1 aliphatic heterocycles. The second kappa shape index (κ2) is 10.0. The molecular weight excluding hydrogens is 396 g/mol. The molecule has 32 heavy (non-hydrogen) atoms. The van der Waals surface area contributed by atoms with Crippen molar-refractivity contribution in [2.45, 2.75) is 33.1 Å². The van der Waals surface area contributed by atoms with Gasteiger partial charge in [0.05, 0.1) is 5.69 Å². The summed E-state index contributed by atoms with van der Waals surface area (Å²) in [7, 11) is 2.17. The van der Waals surface area contributed by atoms with Crippen molar-refractivity contribution in [1.29, 1.82) is 0 Å². The predicted molar refractivity (Wildman–Crippen MR) is 129 cm³/mol. The van der Waals surface area contributed by atoms with Crippen molar-refractivity contribution < 1.29 is 4.79 Å². The minimum Gasteiger partial charge on any atom is -0.369 e. The van der Waals surface area contributed by atoms with Gasteiger partial charge in [-0.15, -0.1) is 0 Å². The van der Waals surface area contributed by atoms with Crippen molar-refractivity contribution in [3.63, 3.8) is 0 Å². The molecule has 0 amide bonds. The summed E-state index contributed by atoms with van der Waals surface area (Å²) in [4.78, 5) is 26.2. The molecule has 0 bridgehead atoms. The molecule has 1 saturated heterocycles. The molecule has 0 radical (unpaired) electrons. The van der Waals surface area contributed by atoms with Gasteiger partial charge >= 0.3 is 0 Å². The second-order valence-corrected chi connectivity index (χ2v) is 9.02. The number of carbonyl (C=O) groups excluding carboxylic acids is 1. The van der Waals surface area contributed by atoms with Crippen LogP contribution in [0, 0.1) is 13.8 Å². The van der Waals surface area contributed by atoms with Crippen LogP contribution in [-0.2, 0) is 24.1 Å². The summed E-state index contributed by atoms with van der Waals surface area (Å²) in [6.45, 7) is 8.48. The maximum absolute atomic E-state index is 12.6. The Morgan fingerprint density at radius 2 is 1.47 bits per heavy atom. The van der Waals surface area contributed by atoms with E-state index in [4.69, 9.17) is 0 Å².